The molecule has 0 rings (SSSR count). The number of amides is 1. The number of likely N-dealkylation sites (N-methyl/N-ethyl adjacent to an activating group) is 2. The van der Waals surface area contributed by atoms with Gasteiger partial charge in [-0.05, 0) is 27.3 Å². The first-order valence-electron chi connectivity index (χ1n) is 6.03. The Morgan fingerprint density at radius 1 is 1.35 bits per heavy atom. The van der Waals surface area contributed by atoms with Gasteiger partial charge in [0.1, 0.15) is 0 Å². The first-order valence-corrected chi connectivity index (χ1v) is 6.03. The van der Waals surface area contributed by atoms with Gasteiger partial charge in [-0.2, -0.15) is 0 Å². The van der Waals surface area contributed by atoms with Gasteiger partial charge in [-0.15, -0.1) is 0 Å². The Morgan fingerprint density at radius 2 is 1.88 bits per heavy atom. The zero-order valence-corrected chi connectivity index (χ0v) is 11.4. The molecular weight excluding hydrogens is 220 g/mol. The molecule has 0 spiro atoms. The summed E-state index contributed by atoms with van der Waals surface area (Å²) in [6.45, 7) is 10.5. The number of carbonyl (C=O) groups excluding carboxylic acids is 1. The molecular formula is C12H24N2O3. The lowest BCUT2D eigenvalue weighted by atomic mass is 10.0. The quantitative estimate of drug-likeness (QED) is 0.699. The average molecular weight is 244 g/mol. The Bertz CT molecular complexity index is 277. The van der Waals surface area contributed by atoms with Crippen molar-refractivity contribution >= 4 is 11.9 Å². The number of nitrogens with one attached hydrogen (secondary N) is 1. The first kappa shape index (κ1) is 15.9. The second-order valence-electron chi connectivity index (χ2n) is 4.74. The highest BCUT2D eigenvalue weighted by Crippen LogP contribution is 2.10. The summed E-state index contributed by atoms with van der Waals surface area (Å²) >= 11 is 0. The van der Waals surface area contributed by atoms with Gasteiger partial charge in [-0.25, -0.2) is 0 Å². The third-order valence-electron chi connectivity index (χ3n) is 2.74. The molecule has 5 heteroatoms. The normalized spacial score (nSPS) is 13.2. The van der Waals surface area contributed by atoms with Crippen molar-refractivity contribution in [1.82, 2.24) is 10.2 Å². The van der Waals surface area contributed by atoms with Gasteiger partial charge in [0, 0.05) is 13.1 Å². The molecule has 1 unspecified atom stereocenters. The summed E-state index contributed by atoms with van der Waals surface area (Å²) in [5, 5.41) is 12.0. The molecule has 1 atom stereocenters. The van der Waals surface area contributed by atoms with Gasteiger partial charge in [0.25, 0.3) is 0 Å². The van der Waals surface area contributed by atoms with Crippen LogP contribution in [0.2, 0.25) is 0 Å². The lowest BCUT2D eigenvalue weighted by molar-refractivity contribution is -0.144. The predicted octanol–water partition coefficient (Wildman–Crippen LogP) is 0.944. The molecule has 0 fully saturated rings. The first-order chi connectivity index (χ1) is 7.76. The number of hydrogen-bond acceptors (Lipinski definition) is 3. The topological polar surface area (TPSA) is 69.6 Å². The Labute approximate surface area is 103 Å². The van der Waals surface area contributed by atoms with Crippen LogP contribution in [0.4, 0.5) is 0 Å². The number of aliphatic carboxylic acids is 1. The zero-order valence-electron chi connectivity index (χ0n) is 11.4. The van der Waals surface area contributed by atoms with Gasteiger partial charge in [0.15, 0.2) is 0 Å². The van der Waals surface area contributed by atoms with Crippen molar-refractivity contribution in [1.29, 1.82) is 0 Å². The molecule has 0 aromatic carbocycles. The Kier molecular flexibility index (Phi) is 6.16. The monoisotopic (exact) mass is 244 g/mol. The van der Waals surface area contributed by atoms with Crippen LogP contribution in [0.3, 0.4) is 0 Å². The van der Waals surface area contributed by atoms with Gasteiger partial charge in [0.2, 0.25) is 5.91 Å². The van der Waals surface area contributed by atoms with Gasteiger partial charge in [0.05, 0.1) is 11.5 Å². The predicted molar refractivity (Wildman–Crippen MR) is 66.8 cm³/mol. The Morgan fingerprint density at radius 3 is 2.24 bits per heavy atom. The van der Waals surface area contributed by atoms with Crippen LogP contribution in [0.15, 0.2) is 0 Å². The van der Waals surface area contributed by atoms with Crippen molar-refractivity contribution in [3.8, 4) is 0 Å². The van der Waals surface area contributed by atoms with Crippen LogP contribution >= 0.6 is 0 Å². The molecule has 0 saturated carbocycles. The van der Waals surface area contributed by atoms with E-state index in [1.54, 1.807) is 11.8 Å². The van der Waals surface area contributed by atoms with Crippen LogP contribution in [0, 0.1) is 5.92 Å². The van der Waals surface area contributed by atoms with E-state index in [-0.39, 0.29) is 12.5 Å². The van der Waals surface area contributed by atoms with E-state index in [1.165, 1.54) is 0 Å². The third kappa shape index (κ3) is 4.73. The third-order valence-corrected chi connectivity index (χ3v) is 2.74. The molecule has 2 N–H and O–H groups in total. The number of nitrogens with zero attached hydrogens (tertiary/aromatic N) is 1. The van der Waals surface area contributed by atoms with Crippen molar-refractivity contribution < 1.29 is 14.7 Å². The number of carboxylic acids is 1. The molecule has 1 amide bonds. The number of rotatable bonds is 7. The van der Waals surface area contributed by atoms with E-state index < -0.39 is 17.4 Å². The lowest BCUT2D eigenvalue weighted by Gasteiger charge is -2.32. The number of carboxylic acid groups (broad SMARTS) is 1. The SMILES string of the molecule is CCNC(C)(C)C(=O)N(CC)CC(C)C(=O)O. The Hall–Kier alpha value is -1.10. The van der Waals surface area contributed by atoms with Crippen molar-refractivity contribution in [2.24, 2.45) is 5.92 Å². The summed E-state index contributed by atoms with van der Waals surface area (Å²) in [7, 11) is 0. The van der Waals surface area contributed by atoms with Gasteiger partial charge in [-0.1, -0.05) is 13.8 Å². The highest BCUT2D eigenvalue weighted by atomic mass is 16.4. The van der Waals surface area contributed by atoms with E-state index in [1.807, 2.05) is 27.7 Å². The molecule has 100 valence electrons. The second kappa shape index (κ2) is 6.59. The molecule has 5 nitrogen and oxygen atoms in total. The second-order valence-corrected chi connectivity index (χ2v) is 4.74. The maximum atomic E-state index is 12.2. The molecule has 0 aliphatic heterocycles. The molecule has 0 heterocycles. The molecule has 0 saturated heterocycles. The van der Waals surface area contributed by atoms with Crippen molar-refractivity contribution in [3.05, 3.63) is 0 Å². The van der Waals surface area contributed by atoms with E-state index in [0.717, 1.165) is 0 Å². The van der Waals surface area contributed by atoms with Crippen molar-refractivity contribution in [2.45, 2.75) is 40.2 Å². The van der Waals surface area contributed by atoms with Crippen LogP contribution in [-0.4, -0.2) is 47.1 Å². The van der Waals surface area contributed by atoms with E-state index >= 15 is 0 Å². The van der Waals surface area contributed by atoms with Gasteiger partial charge in [-0.3, -0.25) is 9.59 Å². The standard InChI is InChI=1S/C12H24N2O3/c1-6-13-12(4,5)11(17)14(7-2)8-9(3)10(15)16/h9,13H,6-8H2,1-5H3,(H,15,16). The summed E-state index contributed by atoms with van der Waals surface area (Å²) in [4.78, 5) is 24.6. The minimum atomic E-state index is -0.877. The van der Waals surface area contributed by atoms with Crippen molar-refractivity contribution in [2.75, 3.05) is 19.6 Å². The zero-order chi connectivity index (χ0) is 13.6. The molecule has 0 aliphatic rings. The minimum Gasteiger partial charge on any atom is -0.481 e. The fourth-order valence-electron chi connectivity index (χ4n) is 1.68. The maximum absolute atomic E-state index is 12.2. The van der Waals surface area contributed by atoms with Crippen LogP contribution in [0.5, 0.6) is 0 Å². The highest BCUT2D eigenvalue weighted by Gasteiger charge is 2.31. The van der Waals surface area contributed by atoms with Crippen molar-refractivity contribution in [3.63, 3.8) is 0 Å². The number of carbonyl (C=O) groups is 2. The minimum absolute atomic E-state index is 0.0602. The summed E-state index contributed by atoms with van der Waals surface area (Å²) < 4.78 is 0. The van der Waals surface area contributed by atoms with E-state index in [2.05, 4.69) is 5.32 Å². The smallest absolute Gasteiger partial charge is 0.308 e. The fraction of sp³-hybridized carbons (Fsp3) is 0.833. The van der Waals surface area contributed by atoms with Crippen LogP contribution in [-0.2, 0) is 9.59 Å². The molecule has 0 aliphatic carbocycles. The van der Waals surface area contributed by atoms with Crippen LogP contribution in [0.25, 0.3) is 0 Å². The highest BCUT2D eigenvalue weighted by molar-refractivity contribution is 5.86. The largest absolute Gasteiger partial charge is 0.481 e. The molecule has 0 bridgehead atoms. The number of hydrogen-bond donors (Lipinski definition) is 2. The lowest BCUT2D eigenvalue weighted by Crippen LogP contribution is -2.55. The maximum Gasteiger partial charge on any atom is 0.308 e. The van der Waals surface area contributed by atoms with Gasteiger partial charge < -0.3 is 15.3 Å². The molecule has 0 aromatic heterocycles. The van der Waals surface area contributed by atoms with Crippen LogP contribution < -0.4 is 5.32 Å². The summed E-state index contributed by atoms with van der Waals surface area (Å²) in [5.41, 5.74) is -0.650. The Balaban J connectivity index is 4.66. The summed E-state index contributed by atoms with van der Waals surface area (Å²) in [5.74, 6) is -1.48. The van der Waals surface area contributed by atoms with E-state index in [4.69, 9.17) is 5.11 Å². The molecule has 17 heavy (non-hydrogen) atoms. The van der Waals surface area contributed by atoms with Gasteiger partial charge >= 0.3 is 5.97 Å². The fourth-order valence-corrected chi connectivity index (χ4v) is 1.68. The van der Waals surface area contributed by atoms with E-state index in [9.17, 15) is 9.59 Å². The van der Waals surface area contributed by atoms with E-state index in [0.29, 0.717) is 13.1 Å². The molecule has 0 aromatic rings. The average Bonchev–Trinajstić information content (AvgIpc) is 2.24. The van der Waals surface area contributed by atoms with Crippen LogP contribution in [0.1, 0.15) is 34.6 Å². The summed E-state index contributed by atoms with van der Waals surface area (Å²) in [6, 6.07) is 0. The summed E-state index contributed by atoms with van der Waals surface area (Å²) in [6.07, 6.45) is 0. The molecule has 0 radical (unpaired) electrons.